The van der Waals surface area contributed by atoms with E-state index in [9.17, 15) is 5.11 Å². The molecule has 0 aliphatic carbocycles. The molecule has 2 N–H and O–H groups in total. The van der Waals surface area contributed by atoms with Crippen LogP contribution in [0.3, 0.4) is 0 Å². The van der Waals surface area contributed by atoms with E-state index in [-0.39, 0.29) is 6.10 Å². The zero-order valence-electron chi connectivity index (χ0n) is 13.3. The Morgan fingerprint density at radius 1 is 1.45 bits per heavy atom. The first-order valence-corrected chi connectivity index (χ1v) is 7.84. The van der Waals surface area contributed by atoms with Gasteiger partial charge < -0.3 is 24.8 Å². The van der Waals surface area contributed by atoms with Gasteiger partial charge in [0, 0.05) is 32.8 Å². The molecule has 0 bridgehead atoms. The van der Waals surface area contributed by atoms with Gasteiger partial charge in [-0.2, -0.15) is 0 Å². The third kappa shape index (κ3) is 8.87. The molecule has 0 radical (unpaired) electrons. The second kappa shape index (κ2) is 10.5. The highest BCUT2D eigenvalue weighted by Gasteiger charge is 2.17. The summed E-state index contributed by atoms with van der Waals surface area (Å²) in [6.07, 6.45) is 2.05. The molecule has 1 aliphatic heterocycles. The fraction of sp³-hybridized carbons (Fsp3) is 1.00. The lowest BCUT2D eigenvalue weighted by Crippen LogP contribution is -2.46. The molecule has 0 amide bonds. The fourth-order valence-electron chi connectivity index (χ4n) is 2.27. The second-order valence-electron chi connectivity index (χ2n) is 6.18. The molecule has 0 spiro atoms. The summed E-state index contributed by atoms with van der Waals surface area (Å²) < 4.78 is 11.1. The van der Waals surface area contributed by atoms with Crippen molar-refractivity contribution in [1.82, 2.24) is 10.2 Å². The highest BCUT2D eigenvalue weighted by Crippen LogP contribution is 2.03. The Bertz CT molecular complexity index is 239. The van der Waals surface area contributed by atoms with Gasteiger partial charge in [-0.05, 0) is 25.8 Å². The van der Waals surface area contributed by atoms with Crippen LogP contribution in [-0.4, -0.2) is 75.3 Å². The molecule has 5 heteroatoms. The number of aliphatic hydroxyl groups is 1. The maximum absolute atomic E-state index is 9.80. The molecule has 1 saturated heterocycles. The molecule has 0 aromatic rings. The number of likely N-dealkylation sites (N-methyl/N-ethyl adjacent to an activating group) is 1. The van der Waals surface area contributed by atoms with Crippen molar-refractivity contribution in [2.45, 2.75) is 38.9 Å². The molecule has 0 aromatic heterocycles. The van der Waals surface area contributed by atoms with E-state index in [1.807, 2.05) is 0 Å². The first kappa shape index (κ1) is 17.9. The average molecular weight is 288 g/mol. The molecule has 1 fully saturated rings. The van der Waals surface area contributed by atoms with E-state index >= 15 is 0 Å². The van der Waals surface area contributed by atoms with Crippen LogP contribution < -0.4 is 5.32 Å². The monoisotopic (exact) mass is 288 g/mol. The number of hydrogen-bond acceptors (Lipinski definition) is 5. The molecule has 0 aromatic carbocycles. The summed E-state index contributed by atoms with van der Waals surface area (Å²) in [5.74, 6) is 0.721. The van der Waals surface area contributed by atoms with Crippen molar-refractivity contribution in [3.63, 3.8) is 0 Å². The van der Waals surface area contributed by atoms with Gasteiger partial charge in [-0.15, -0.1) is 0 Å². The van der Waals surface area contributed by atoms with Gasteiger partial charge in [0.15, 0.2) is 0 Å². The minimum atomic E-state index is -0.435. The van der Waals surface area contributed by atoms with Crippen molar-refractivity contribution in [1.29, 1.82) is 0 Å². The van der Waals surface area contributed by atoms with E-state index in [2.05, 4.69) is 31.1 Å². The molecule has 1 aliphatic rings. The van der Waals surface area contributed by atoms with E-state index in [4.69, 9.17) is 9.47 Å². The minimum Gasteiger partial charge on any atom is -0.389 e. The van der Waals surface area contributed by atoms with Gasteiger partial charge in [-0.3, -0.25) is 0 Å². The van der Waals surface area contributed by atoms with Crippen molar-refractivity contribution in [2.75, 3.05) is 53.0 Å². The van der Waals surface area contributed by atoms with Crippen LogP contribution in [0.4, 0.5) is 0 Å². The average Bonchev–Trinajstić information content (AvgIpc) is 2.38. The normalized spacial score (nSPS) is 22.4. The van der Waals surface area contributed by atoms with E-state index in [1.165, 1.54) is 6.42 Å². The third-order valence-corrected chi connectivity index (χ3v) is 3.47. The zero-order valence-corrected chi connectivity index (χ0v) is 13.3. The van der Waals surface area contributed by atoms with Crippen LogP contribution in [0.15, 0.2) is 0 Å². The Morgan fingerprint density at radius 3 is 2.95 bits per heavy atom. The fourth-order valence-corrected chi connectivity index (χ4v) is 2.27. The quantitative estimate of drug-likeness (QED) is 0.580. The van der Waals surface area contributed by atoms with Crippen LogP contribution >= 0.6 is 0 Å². The van der Waals surface area contributed by atoms with E-state index < -0.39 is 6.10 Å². The maximum Gasteiger partial charge on any atom is 0.0897 e. The number of aliphatic hydroxyl groups excluding tert-OH is 1. The van der Waals surface area contributed by atoms with Crippen LogP contribution in [0, 0.1) is 5.92 Å². The van der Waals surface area contributed by atoms with Crippen LogP contribution in [0.25, 0.3) is 0 Å². The van der Waals surface area contributed by atoms with Gasteiger partial charge in [-0.25, -0.2) is 0 Å². The van der Waals surface area contributed by atoms with Gasteiger partial charge in [0.2, 0.25) is 0 Å². The summed E-state index contributed by atoms with van der Waals surface area (Å²) in [5.41, 5.74) is 0. The molecule has 2 unspecified atom stereocenters. The Kier molecular flexibility index (Phi) is 9.39. The maximum atomic E-state index is 9.80. The van der Waals surface area contributed by atoms with Crippen LogP contribution in [-0.2, 0) is 9.47 Å². The molecular weight excluding hydrogens is 256 g/mol. The van der Waals surface area contributed by atoms with E-state index in [0.717, 1.165) is 45.2 Å². The topological polar surface area (TPSA) is 54.0 Å². The third-order valence-electron chi connectivity index (χ3n) is 3.47. The molecular formula is C15H32N2O3. The van der Waals surface area contributed by atoms with Crippen LogP contribution in [0.2, 0.25) is 0 Å². The van der Waals surface area contributed by atoms with Crippen molar-refractivity contribution in [2.24, 2.45) is 5.92 Å². The number of rotatable bonds is 10. The highest BCUT2D eigenvalue weighted by atomic mass is 16.5. The summed E-state index contributed by atoms with van der Waals surface area (Å²) in [7, 11) is 2.11. The molecule has 5 nitrogen and oxygen atoms in total. The lowest BCUT2D eigenvalue weighted by molar-refractivity contribution is -0.0209. The zero-order chi connectivity index (χ0) is 14.8. The smallest absolute Gasteiger partial charge is 0.0897 e. The van der Waals surface area contributed by atoms with Gasteiger partial charge >= 0.3 is 0 Å². The van der Waals surface area contributed by atoms with Crippen molar-refractivity contribution < 1.29 is 14.6 Å². The Balaban J connectivity index is 1.93. The summed E-state index contributed by atoms with van der Waals surface area (Å²) in [6, 6.07) is 0. The highest BCUT2D eigenvalue weighted by molar-refractivity contribution is 4.72. The molecule has 0 saturated carbocycles. The SMILES string of the molecule is CC(C)CCCOCC(O)CNCC1CN(C)CCO1. The summed E-state index contributed by atoms with van der Waals surface area (Å²) in [4.78, 5) is 2.27. The van der Waals surface area contributed by atoms with Gasteiger partial charge in [0.25, 0.3) is 0 Å². The Hall–Kier alpha value is -0.200. The largest absolute Gasteiger partial charge is 0.389 e. The van der Waals surface area contributed by atoms with Gasteiger partial charge in [0.1, 0.15) is 0 Å². The lowest BCUT2D eigenvalue weighted by atomic mass is 10.1. The van der Waals surface area contributed by atoms with E-state index in [0.29, 0.717) is 13.2 Å². The summed E-state index contributed by atoms with van der Waals surface area (Å²) in [6.45, 7) is 9.68. The van der Waals surface area contributed by atoms with Crippen molar-refractivity contribution >= 4 is 0 Å². The Morgan fingerprint density at radius 2 is 2.25 bits per heavy atom. The molecule has 20 heavy (non-hydrogen) atoms. The predicted molar refractivity (Wildman–Crippen MR) is 81.0 cm³/mol. The molecule has 2 atom stereocenters. The lowest BCUT2D eigenvalue weighted by Gasteiger charge is -2.30. The number of morpholine rings is 1. The van der Waals surface area contributed by atoms with Crippen LogP contribution in [0.5, 0.6) is 0 Å². The van der Waals surface area contributed by atoms with Gasteiger partial charge in [-0.1, -0.05) is 13.8 Å². The number of nitrogens with one attached hydrogen (secondary N) is 1. The standard InChI is InChI=1S/C15H32N2O3/c1-13(2)5-4-7-19-12-14(18)9-16-10-15-11-17(3)6-8-20-15/h13-16,18H,4-12H2,1-3H3. The number of nitrogens with zero attached hydrogens (tertiary/aromatic N) is 1. The van der Waals surface area contributed by atoms with E-state index in [1.54, 1.807) is 0 Å². The molecule has 1 heterocycles. The van der Waals surface area contributed by atoms with Gasteiger partial charge in [0.05, 0.1) is 25.4 Å². The first-order valence-electron chi connectivity index (χ1n) is 7.84. The number of hydrogen-bond donors (Lipinski definition) is 2. The molecule has 1 rings (SSSR count). The van der Waals surface area contributed by atoms with Crippen molar-refractivity contribution in [3.05, 3.63) is 0 Å². The second-order valence-corrected chi connectivity index (χ2v) is 6.18. The molecule has 120 valence electrons. The summed E-state index contributed by atoms with van der Waals surface area (Å²) >= 11 is 0. The predicted octanol–water partition coefficient (Wildman–Crippen LogP) is 0.720. The first-order chi connectivity index (χ1) is 9.58. The minimum absolute atomic E-state index is 0.230. The number of ether oxygens (including phenoxy) is 2. The van der Waals surface area contributed by atoms with Crippen molar-refractivity contribution in [3.8, 4) is 0 Å². The summed E-state index contributed by atoms with van der Waals surface area (Å²) in [5, 5.41) is 13.1. The van der Waals surface area contributed by atoms with Crippen LogP contribution in [0.1, 0.15) is 26.7 Å². The Labute approximate surface area is 123 Å².